The van der Waals surface area contributed by atoms with Gasteiger partial charge in [-0.15, -0.1) is 21.9 Å². The first-order chi connectivity index (χ1) is 10.7. The van der Waals surface area contributed by atoms with Gasteiger partial charge in [-0.25, -0.2) is 0 Å². The lowest BCUT2D eigenvalue weighted by atomic mass is 10.2. The molecule has 0 atom stereocenters. The highest BCUT2D eigenvalue weighted by atomic mass is 32.2. The van der Waals surface area contributed by atoms with Crippen molar-refractivity contribution in [2.45, 2.75) is 5.16 Å². The van der Waals surface area contributed by atoms with Gasteiger partial charge in [0, 0.05) is 5.75 Å². The number of hydrogen-bond donors (Lipinski definition) is 2. The summed E-state index contributed by atoms with van der Waals surface area (Å²) in [7, 11) is 0. The zero-order chi connectivity index (χ0) is 15.5. The Bertz CT molecular complexity index is 812. The van der Waals surface area contributed by atoms with Crippen molar-refractivity contribution in [2.24, 2.45) is 0 Å². The first-order valence-electron chi connectivity index (χ1n) is 6.27. The van der Waals surface area contributed by atoms with Crippen molar-refractivity contribution in [1.29, 1.82) is 0 Å². The Kier molecular flexibility index (Phi) is 4.07. The first-order valence-corrected chi connectivity index (χ1v) is 8.07. The van der Waals surface area contributed by atoms with E-state index in [0.717, 1.165) is 0 Å². The number of nitrogen functional groups attached to an aromatic ring is 1. The fraction of sp³-hybridized carbons (Fsp3) is 0.0769. The van der Waals surface area contributed by atoms with E-state index in [1.807, 2.05) is 6.07 Å². The fourth-order valence-corrected chi connectivity index (χ4v) is 3.11. The summed E-state index contributed by atoms with van der Waals surface area (Å²) in [6, 6.07) is 6.95. The van der Waals surface area contributed by atoms with Crippen LogP contribution >= 0.6 is 23.1 Å². The number of thioether (sulfide) groups is 1. The molecule has 0 amide bonds. The molecule has 0 spiro atoms. The van der Waals surface area contributed by atoms with E-state index in [1.54, 1.807) is 24.3 Å². The van der Waals surface area contributed by atoms with E-state index in [1.165, 1.54) is 27.8 Å². The smallest absolute Gasteiger partial charge is 0.236 e. The zero-order valence-corrected chi connectivity index (χ0v) is 13.0. The van der Waals surface area contributed by atoms with Crippen LogP contribution in [-0.2, 0) is 0 Å². The molecule has 3 N–H and O–H groups in total. The Morgan fingerprint density at radius 3 is 2.95 bits per heavy atom. The van der Waals surface area contributed by atoms with Crippen molar-refractivity contribution in [3.8, 4) is 21.5 Å². The molecule has 3 aromatic rings. The lowest BCUT2D eigenvalue weighted by Crippen LogP contribution is -2.01. The third-order valence-electron chi connectivity index (χ3n) is 2.67. The minimum atomic E-state index is 0.152. The first kappa shape index (κ1) is 14.5. The maximum Gasteiger partial charge on any atom is 0.236 e. The predicted molar refractivity (Wildman–Crippen MR) is 87.3 cm³/mol. The average molecular weight is 332 g/mol. The van der Waals surface area contributed by atoms with Crippen molar-refractivity contribution in [3.63, 3.8) is 0 Å². The summed E-state index contributed by atoms with van der Waals surface area (Å²) in [5.74, 6) is 1.09. The maximum atomic E-state index is 9.87. The molecule has 0 saturated heterocycles. The number of anilines is 1. The van der Waals surface area contributed by atoms with Gasteiger partial charge in [0.15, 0.2) is 5.01 Å². The van der Waals surface area contributed by atoms with E-state index in [4.69, 9.17) is 5.73 Å². The molecule has 9 heteroatoms. The van der Waals surface area contributed by atoms with Crippen molar-refractivity contribution in [2.75, 3.05) is 11.5 Å². The minimum absolute atomic E-state index is 0.152. The fourth-order valence-electron chi connectivity index (χ4n) is 1.70. The van der Waals surface area contributed by atoms with Gasteiger partial charge in [-0.05, 0) is 12.1 Å². The van der Waals surface area contributed by atoms with Gasteiger partial charge in [-0.1, -0.05) is 41.3 Å². The number of nitrogens with two attached hydrogens (primary N) is 1. The normalized spacial score (nSPS) is 10.7. The molecule has 0 fully saturated rings. The maximum absolute atomic E-state index is 9.87. The summed E-state index contributed by atoms with van der Waals surface area (Å²) >= 11 is 2.70. The van der Waals surface area contributed by atoms with Gasteiger partial charge in [0.25, 0.3) is 0 Å². The number of benzene rings is 1. The number of aromatic nitrogens is 5. The summed E-state index contributed by atoms with van der Waals surface area (Å²) in [4.78, 5) is 4.16. The summed E-state index contributed by atoms with van der Waals surface area (Å²) in [5.41, 5.74) is 6.48. The van der Waals surface area contributed by atoms with Gasteiger partial charge in [-0.2, -0.15) is 9.67 Å². The van der Waals surface area contributed by atoms with Crippen LogP contribution in [0.2, 0.25) is 0 Å². The van der Waals surface area contributed by atoms with Gasteiger partial charge < -0.3 is 10.8 Å². The molecule has 112 valence electrons. The molecule has 22 heavy (non-hydrogen) atoms. The Labute approximate surface area is 134 Å². The van der Waals surface area contributed by atoms with Crippen LogP contribution < -0.4 is 5.73 Å². The van der Waals surface area contributed by atoms with Gasteiger partial charge in [0.2, 0.25) is 16.2 Å². The van der Waals surface area contributed by atoms with Crippen LogP contribution in [0.5, 0.6) is 5.75 Å². The predicted octanol–water partition coefficient (Wildman–Crippen LogP) is 2.35. The average Bonchev–Trinajstić information content (AvgIpc) is 3.12. The molecule has 0 bridgehead atoms. The quantitative estimate of drug-likeness (QED) is 0.546. The molecule has 0 aliphatic rings. The summed E-state index contributed by atoms with van der Waals surface area (Å²) in [6.07, 6.45) is 1.77. The minimum Gasteiger partial charge on any atom is -0.507 e. The van der Waals surface area contributed by atoms with Gasteiger partial charge in [0.05, 0.1) is 5.56 Å². The molecule has 0 aliphatic carbocycles. The monoisotopic (exact) mass is 332 g/mol. The molecule has 0 radical (unpaired) electrons. The highest BCUT2D eigenvalue weighted by molar-refractivity contribution is 7.99. The van der Waals surface area contributed by atoms with E-state index in [9.17, 15) is 5.11 Å². The lowest BCUT2D eigenvalue weighted by molar-refractivity contribution is 0.477. The van der Waals surface area contributed by atoms with Crippen molar-refractivity contribution in [3.05, 3.63) is 36.9 Å². The van der Waals surface area contributed by atoms with Gasteiger partial charge >= 0.3 is 0 Å². The van der Waals surface area contributed by atoms with Crippen LogP contribution in [-0.4, -0.2) is 35.8 Å². The van der Waals surface area contributed by atoms with Crippen LogP contribution in [0.15, 0.2) is 42.1 Å². The van der Waals surface area contributed by atoms with E-state index in [0.29, 0.717) is 26.6 Å². The molecule has 2 aromatic heterocycles. The van der Waals surface area contributed by atoms with Crippen molar-refractivity contribution in [1.82, 2.24) is 25.0 Å². The van der Waals surface area contributed by atoms with Crippen LogP contribution in [0, 0.1) is 0 Å². The number of phenols is 1. The number of rotatable bonds is 5. The zero-order valence-electron chi connectivity index (χ0n) is 11.4. The highest BCUT2D eigenvalue weighted by Crippen LogP contribution is 2.32. The number of phenolic OH excluding ortho intramolecular Hbond substituents is 1. The Morgan fingerprint density at radius 2 is 2.18 bits per heavy atom. The Morgan fingerprint density at radius 1 is 1.36 bits per heavy atom. The highest BCUT2D eigenvalue weighted by Gasteiger charge is 2.15. The van der Waals surface area contributed by atoms with Crippen molar-refractivity contribution < 1.29 is 5.11 Å². The van der Waals surface area contributed by atoms with E-state index in [-0.39, 0.29) is 11.7 Å². The molecule has 1 aromatic carbocycles. The standard InChI is InChI=1S/C13H12N6OS2/c1-2-7-21-12-15-11(14)19(18-12)13-17-16-10(22-13)8-5-3-4-6-9(8)20/h2-6,20H,1,7H2,(H2,14,15,18). The van der Waals surface area contributed by atoms with E-state index >= 15 is 0 Å². The second kappa shape index (κ2) is 6.16. The van der Waals surface area contributed by atoms with E-state index < -0.39 is 0 Å². The summed E-state index contributed by atoms with van der Waals surface area (Å²) < 4.78 is 1.44. The topological polar surface area (TPSA) is 103 Å². The van der Waals surface area contributed by atoms with E-state index in [2.05, 4.69) is 26.9 Å². The van der Waals surface area contributed by atoms with Crippen LogP contribution in [0.1, 0.15) is 0 Å². The van der Waals surface area contributed by atoms with Crippen molar-refractivity contribution >= 4 is 29.0 Å². The van der Waals surface area contributed by atoms with Crippen LogP contribution in [0.4, 0.5) is 5.95 Å². The molecule has 2 heterocycles. The lowest BCUT2D eigenvalue weighted by Gasteiger charge is -1.97. The second-order valence-corrected chi connectivity index (χ2v) is 6.11. The number of para-hydroxylation sites is 1. The third-order valence-corrected chi connectivity index (χ3v) is 4.44. The number of hydrogen-bond acceptors (Lipinski definition) is 8. The molecule has 0 unspecified atom stereocenters. The number of nitrogens with zero attached hydrogens (tertiary/aromatic N) is 5. The molecule has 0 aliphatic heterocycles. The molecular formula is C13H12N6OS2. The number of aromatic hydroxyl groups is 1. The second-order valence-electron chi connectivity index (χ2n) is 4.17. The largest absolute Gasteiger partial charge is 0.507 e. The Balaban J connectivity index is 1.92. The van der Waals surface area contributed by atoms with Gasteiger partial charge in [0.1, 0.15) is 5.75 Å². The summed E-state index contributed by atoms with van der Waals surface area (Å²) in [6.45, 7) is 3.65. The third kappa shape index (κ3) is 2.81. The van der Waals surface area contributed by atoms with Crippen LogP contribution in [0.25, 0.3) is 15.7 Å². The van der Waals surface area contributed by atoms with Crippen LogP contribution in [0.3, 0.4) is 0 Å². The molecule has 7 nitrogen and oxygen atoms in total. The van der Waals surface area contributed by atoms with Gasteiger partial charge in [-0.3, -0.25) is 0 Å². The SMILES string of the molecule is C=CCSc1nc(N)n(-c2nnc(-c3ccccc3O)s2)n1. The molecule has 0 saturated carbocycles. The Hall–Kier alpha value is -2.39. The molecule has 3 rings (SSSR count). The summed E-state index contributed by atoms with van der Waals surface area (Å²) in [5, 5.41) is 23.9. The molecular weight excluding hydrogens is 320 g/mol.